The van der Waals surface area contributed by atoms with Gasteiger partial charge in [0, 0.05) is 45.3 Å². The number of hydrogen-bond acceptors (Lipinski definition) is 6. The third-order valence-corrected chi connectivity index (χ3v) is 6.34. The molecule has 1 aromatic heterocycles. The summed E-state index contributed by atoms with van der Waals surface area (Å²) in [5.74, 6) is 1.07. The summed E-state index contributed by atoms with van der Waals surface area (Å²) in [7, 11) is 1.73. The van der Waals surface area contributed by atoms with Crippen LogP contribution in [0.2, 0.25) is 0 Å². The first-order valence-corrected chi connectivity index (χ1v) is 10.4. The average Bonchev–Trinajstić information content (AvgIpc) is 3.28. The first-order chi connectivity index (χ1) is 13.3. The first-order valence-electron chi connectivity index (χ1n) is 9.56. The molecule has 1 amide bonds. The Bertz CT molecular complexity index is 759. The molecule has 27 heavy (non-hydrogen) atoms. The summed E-state index contributed by atoms with van der Waals surface area (Å²) >= 11 is 1.43. The van der Waals surface area contributed by atoms with Gasteiger partial charge in [-0.05, 0) is 25.0 Å². The molecule has 4 rings (SSSR count). The van der Waals surface area contributed by atoms with Crippen molar-refractivity contribution in [3.05, 3.63) is 40.8 Å². The summed E-state index contributed by atoms with van der Waals surface area (Å²) in [6.07, 6.45) is 3.92. The Balaban J connectivity index is 1.36. The lowest BCUT2D eigenvalue weighted by molar-refractivity contribution is 0.0567. The highest BCUT2D eigenvalue weighted by molar-refractivity contribution is 7.11. The Morgan fingerprint density at radius 1 is 1.19 bits per heavy atom. The maximum absolute atomic E-state index is 12.7. The number of thiazole rings is 1. The lowest BCUT2D eigenvalue weighted by Gasteiger charge is -2.44. The van der Waals surface area contributed by atoms with Crippen LogP contribution in [0.15, 0.2) is 36.0 Å². The molecule has 0 spiro atoms. The van der Waals surface area contributed by atoms with E-state index < -0.39 is 0 Å². The highest BCUT2D eigenvalue weighted by Crippen LogP contribution is 2.29. The van der Waals surface area contributed by atoms with Gasteiger partial charge in [-0.2, -0.15) is 0 Å². The van der Waals surface area contributed by atoms with Gasteiger partial charge in [0.1, 0.15) is 10.6 Å². The van der Waals surface area contributed by atoms with Crippen LogP contribution in [0.5, 0.6) is 5.75 Å². The summed E-state index contributed by atoms with van der Waals surface area (Å²) < 4.78 is 5.51. The molecule has 0 bridgehead atoms. The predicted octanol–water partition coefficient (Wildman–Crippen LogP) is 2.58. The molecule has 0 aliphatic carbocycles. The largest absolute Gasteiger partial charge is 0.495 e. The van der Waals surface area contributed by atoms with Gasteiger partial charge in [0.25, 0.3) is 5.91 Å². The highest BCUT2D eigenvalue weighted by atomic mass is 32.1. The van der Waals surface area contributed by atoms with E-state index in [0.717, 1.165) is 56.3 Å². The number of aromatic nitrogens is 1. The molecule has 0 saturated carbocycles. The normalized spacial score (nSPS) is 21.3. The smallest absolute Gasteiger partial charge is 0.265 e. The Labute approximate surface area is 164 Å². The number of methoxy groups -OCH3 is 1. The van der Waals surface area contributed by atoms with E-state index in [9.17, 15) is 4.79 Å². The molecular weight excluding hydrogens is 360 g/mol. The van der Waals surface area contributed by atoms with Gasteiger partial charge in [-0.3, -0.25) is 14.7 Å². The Morgan fingerprint density at radius 3 is 2.74 bits per heavy atom. The van der Waals surface area contributed by atoms with Crippen molar-refractivity contribution in [2.75, 3.05) is 51.3 Å². The van der Waals surface area contributed by atoms with E-state index in [1.807, 2.05) is 17.0 Å². The van der Waals surface area contributed by atoms with Gasteiger partial charge < -0.3 is 14.5 Å². The number of anilines is 1. The minimum absolute atomic E-state index is 0.134. The molecule has 1 atom stereocenters. The van der Waals surface area contributed by atoms with Crippen molar-refractivity contribution in [2.24, 2.45) is 0 Å². The Morgan fingerprint density at radius 2 is 2.00 bits per heavy atom. The van der Waals surface area contributed by atoms with E-state index in [1.165, 1.54) is 23.4 Å². The summed E-state index contributed by atoms with van der Waals surface area (Å²) in [4.78, 5) is 24.4. The number of carbonyl (C=O) groups is 1. The van der Waals surface area contributed by atoms with Crippen LogP contribution in [-0.2, 0) is 0 Å². The number of ether oxygens (including phenoxy) is 1. The Kier molecular flexibility index (Phi) is 5.59. The predicted molar refractivity (Wildman–Crippen MR) is 108 cm³/mol. The number of amides is 1. The fourth-order valence-corrected chi connectivity index (χ4v) is 4.72. The zero-order valence-corrected chi connectivity index (χ0v) is 16.5. The summed E-state index contributed by atoms with van der Waals surface area (Å²) in [5.41, 5.74) is 2.90. The number of carbonyl (C=O) groups excluding carboxylic acids is 1. The van der Waals surface area contributed by atoms with Gasteiger partial charge >= 0.3 is 0 Å². The minimum atomic E-state index is 0.134. The lowest BCUT2D eigenvalue weighted by atomic mass is 10.0. The summed E-state index contributed by atoms with van der Waals surface area (Å²) in [6, 6.07) is 8.68. The number of rotatable bonds is 4. The van der Waals surface area contributed by atoms with Gasteiger partial charge in [-0.15, -0.1) is 11.3 Å². The quantitative estimate of drug-likeness (QED) is 0.808. The summed E-state index contributed by atoms with van der Waals surface area (Å²) in [5, 5.41) is 0. The molecule has 0 N–H and O–H groups in total. The fraction of sp³-hybridized carbons (Fsp3) is 0.500. The summed E-state index contributed by atoms with van der Waals surface area (Å²) in [6.45, 7) is 5.69. The molecule has 3 heterocycles. The zero-order chi connectivity index (χ0) is 18.6. The molecule has 0 radical (unpaired) electrons. The fourth-order valence-electron chi connectivity index (χ4n) is 4.13. The van der Waals surface area contributed by atoms with Crippen molar-refractivity contribution in [2.45, 2.75) is 18.9 Å². The van der Waals surface area contributed by atoms with Crippen LogP contribution >= 0.6 is 11.3 Å². The molecule has 6 nitrogen and oxygen atoms in total. The number of benzene rings is 1. The first kappa shape index (κ1) is 18.3. The van der Waals surface area contributed by atoms with Crippen LogP contribution in [0.25, 0.3) is 0 Å². The average molecular weight is 387 g/mol. The van der Waals surface area contributed by atoms with E-state index in [1.54, 1.807) is 18.8 Å². The van der Waals surface area contributed by atoms with Crippen molar-refractivity contribution in [1.29, 1.82) is 0 Å². The van der Waals surface area contributed by atoms with Crippen LogP contribution in [0.3, 0.4) is 0 Å². The van der Waals surface area contributed by atoms with Gasteiger partial charge in [0.15, 0.2) is 0 Å². The van der Waals surface area contributed by atoms with Crippen LogP contribution < -0.4 is 9.64 Å². The van der Waals surface area contributed by atoms with Crippen LogP contribution in [-0.4, -0.2) is 73.1 Å². The van der Waals surface area contributed by atoms with E-state index in [-0.39, 0.29) is 5.91 Å². The van der Waals surface area contributed by atoms with Crippen LogP contribution in [0.4, 0.5) is 5.69 Å². The number of para-hydroxylation sites is 2. The third-order valence-electron chi connectivity index (χ3n) is 5.58. The van der Waals surface area contributed by atoms with Crippen LogP contribution in [0.1, 0.15) is 22.5 Å². The van der Waals surface area contributed by atoms with Gasteiger partial charge in [-0.1, -0.05) is 12.1 Å². The van der Waals surface area contributed by atoms with E-state index in [4.69, 9.17) is 4.74 Å². The standard InChI is InChI=1S/C20H26N4O2S/c1-26-18-7-3-2-6-17(18)23-11-9-22(10-12-23)16-5-4-8-24(14-16)20(25)19-13-21-15-27-19/h2-3,6-7,13,15-16H,4-5,8-12,14H2,1H3. The number of likely N-dealkylation sites (tertiary alicyclic amines) is 1. The van der Waals surface area contributed by atoms with Crippen molar-refractivity contribution in [1.82, 2.24) is 14.8 Å². The molecular formula is C20H26N4O2S. The topological polar surface area (TPSA) is 48.9 Å². The number of piperazine rings is 1. The van der Waals surface area contributed by atoms with Crippen molar-refractivity contribution >= 4 is 22.9 Å². The molecule has 144 valence electrons. The second-order valence-electron chi connectivity index (χ2n) is 7.11. The van der Waals surface area contributed by atoms with E-state index in [2.05, 4.69) is 26.9 Å². The molecule has 7 heteroatoms. The van der Waals surface area contributed by atoms with Gasteiger partial charge in [0.2, 0.25) is 0 Å². The number of piperidine rings is 1. The van der Waals surface area contributed by atoms with E-state index >= 15 is 0 Å². The lowest BCUT2D eigenvalue weighted by Crippen LogP contribution is -2.55. The second kappa shape index (κ2) is 8.27. The molecule has 2 saturated heterocycles. The number of hydrogen-bond donors (Lipinski definition) is 0. The van der Waals surface area contributed by atoms with Gasteiger partial charge in [-0.25, -0.2) is 0 Å². The molecule has 1 aromatic carbocycles. The molecule has 2 fully saturated rings. The van der Waals surface area contributed by atoms with Crippen molar-refractivity contribution in [3.8, 4) is 5.75 Å². The van der Waals surface area contributed by atoms with Crippen molar-refractivity contribution < 1.29 is 9.53 Å². The van der Waals surface area contributed by atoms with Gasteiger partial charge in [0.05, 0.1) is 24.5 Å². The van der Waals surface area contributed by atoms with E-state index in [0.29, 0.717) is 6.04 Å². The number of nitrogens with zero attached hydrogens (tertiary/aromatic N) is 4. The SMILES string of the molecule is COc1ccccc1N1CCN(C2CCCN(C(=O)c3cncs3)C2)CC1. The maximum Gasteiger partial charge on any atom is 0.265 e. The molecule has 2 aliphatic heterocycles. The Hall–Kier alpha value is -2.12. The second-order valence-corrected chi connectivity index (χ2v) is 7.99. The molecule has 1 unspecified atom stereocenters. The zero-order valence-electron chi connectivity index (χ0n) is 15.7. The third kappa shape index (κ3) is 3.94. The highest BCUT2D eigenvalue weighted by Gasteiger charge is 2.31. The minimum Gasteiger partial charge on any atom is -0.495 e. The molecule has 2 aliphatic rings. The van der Waals surface area contributed by atoms with Crippen molar-refractivity contribution in [3.63, 3.8) is 0 Å². The maximum atomic E-state index is 12.7. The van der Waals surface area contributed by atoms with Crippen LogP contribution in [0, 0.1) is 0 Å². The molecule has 2 aromatic rings. The monoisotopic (exact) mass is 386 g/mol.